The van der Waals surface area contributed by atoms with Crippen LogP contribution in [0.25, 0.3) is 10.9 Å². The molecular weight excluding hydrogens is 1030 g/mol. The summed E-state index contributed by atoms with van der Waals surface area (Å²) in [5.74, 6) is -7.61. The van der Waals surface area contributed by atoms with Crippen LogP contribution in [0.2, 0.25) is 0 Å². The largest absolute Gasteiger partial charge is 0.508 e. The molecule has 7 amide bonds. The molecule has 1 aromatic heterocycles. The molecule has 4 aromatic carbocycles. The Morgan fingerprint density at radius 1 is 0.532 bits per heavy atom. The highest BCUT2D eigenvalue weighted by Crippen LogP contribution is 2.20. The quantitative estimate of drug-likeness (QED) is 0.0218. The average molecular weight is 1100 g/mol. The molecule has 77 heavy (non-hydrogen) atoms. The van der Waals surface area contributed by atoms with Crippen LogP contribution in [0.1, 0.15) is 48.4 Å². The van der Waals surface area contributed by atoms with Crippen LogP contribution in [0.15, 0.2) is 115 Å². The Morgan fingerprint density at radius 3 is 1.47 bits per heavy atom. The maximum atomic E-state index is 14.8. The smallest absolute Gasteiger partial charge is 0.327 e. The number of carbonyl (C=O) groups excluding carboxylic acids is 7. The number of carbonyl (C=O) groups is 8. The summed E-state index contributed by atoms with van der Waals surface area (Å²) in [6.45, 7) is 1.45. The number of para-hydroxylation sites is 1. The number of carboxylic acid groups (broad SMARTS) is 1. The summed E-state index contributed by atoms with van der Waals surface area (Å²) >= 11 is 8.14. The van der Waals surface area contributed by atoms with Gasteiger partial charge in [-0.1, -0.05) is 91.0 Å². The fourth-order valence-electron chi connectivity index (χ4n) is 8.24. The van der Waals surface area contributed by atoms with Crippen LogP contribution in [0.3, 0.4) is 0 Å². The lowest BCUT2D eigenvalue weighted by atomic mass is 10.00. The van der Waals surface area contributed by atoms with E-state index in [4.69, 9.17) is 11.5 Å². The zero-order valence-corrected chi connectivity index (χ0v) is 44.2. The lowest BCUT2D eigenvalue weighted by Crippen LogP contribution is -2.62. The molecule has 0 bridgehead atoms. The maximum Gasteiger partial charge on any atom is 0.327 e. The number of nitrogens with one attached hydrogen (secondary N) is 8. The predicted octanol–water partition coefficient (Wildman–Crippen LogP) is 0.319. The number of nitrogens with two attached hydrogens (primary N) is 2. The molecule has 0 aliphatic rings. The lowest BCUT2D eigenvalue weighted by Gasteiger charge is -2.29. The summed E-state index contributed by atoms with van der Waals surface area (Å²) < 4.78 is 0. The third-order valence-corrected chi connectivity index (χ3v) is 13.3. The summed E-state index contributed by atoms with van der Waals surface area (Å²) in [6, 6.07) is 19.6. The van der Waals surface area contributed by atoms with E-state index in [1.807, 2.05) is 18.2 Å². The molecule has 9 atom stereocenters. The van der Waals surface area contributed by atoms with Crippen molar-refractivity contribution in [1.29, 1.82) is 0 Å². The second-order valence-corrected chi connectivity index (χ2v) is 19.2. The van der Waals surface area contributed by atoms with Crippen LogP contribution >= 0.6 is 25.3 Å². The van der Waals surface area contributed by atoms with Gasteiger partial charge in [-0.05, 0) is 73.2 Å². The Morgan fingerprint density at radius 2 is 0.974 bits per heavy atom. The number of unbranched alkanes of at least 4 members (excludes halogenated alkanes) is 1. The van der Waals surface area contributed by atoms with Gasteiger partial charge in [0.25, 0.3) is 0 Å². The number of aromatic hydroxyl groups is 1. The number of hydrogen-bond donors (Lipinski definition) is 15. The van der Waals surface area contributed by atoms with E-state index < -0.39 is 102 Å². The van der Waals surface area contributed by atoms with Crippen LogP contribution in [-0.4, -0.2) is 140 Å². The summed E-state index contributed by atoms with van der Waals surface area (Å²) in [4.78, 5) is 114. The highest BCUT2D eigenvalue weighted by atomic mass is 32.1. The van der Waals surface area contributed by atoms with E-state index in [1.165, 1.54) is 31.2 Å². The summed E-state index contributed by atoms with van der Waals surface area (Å²) in [7, 11) is 0. The van der Waals surface area contributed by atoms with Crippen LogP contribution in [0.4, 0.5) is 0 Å². The van der Waals surface area contributed by atoms with Crippen molar-refractivity contribution in [3.63, 3.8) is 0 Å². The number of carboxylic acids is 1. The molecule has 1 heterocycles. The summed E-state index contributed by atoms with van der Waals surface area (Å²) in [5.41, 5.74) is 14.9. The second kappa shape index (κ2) is 30.3. The minimum atomic E-state index is -1.74. The number of aromatic amines is 1. The topological polar surface area (TPSA) is 349 Å². The zero-order valence-electron chi connectivity index (χ0n) is 42.4. The number of fused-ring (bicyclic) bond motifs is 1. The Hall–Kier alpha value is -7.44. The van der Waals surface area contributed by atoms with Gasteiger partial charge in [0.2, 0.25) is 41.4 Å². The highest BCUT2D eigenvalue weighted by molar-refractivity contribution is 7.80. The number of thiol groups is 2. The van der Waals surface area contributed by atoms with Gasteiger partial charge in [0.15, 0.2) is 0 Å². The number of aliphatic carboxylic acids is 1. The van der Waals surface area contributed by atoms with Crippen molar-refractivity contribution in [2.75, 3.05) is 18.1 Å². The first kappa shape index (κ1) is 60.4. The molecule has 0 spiro atoms. The molecule has 5 aromatic rings. The second-order valence-electron chi connectivity index (χ2n) is 18.5. The number of hydrogen-bond acceptors (Lipinski definition) is 14. The van der Waals surface area contributed by atoms with Gasteiger partial charge in [0.1, 0.15) is 48.0 Å². The number of aliphatic hydroxyl groups is 1. The molecule has 0 saturated heterocycles. The molecule has 0 fully saturated rings. The van der Waals surface area contributed by atoms with Gasteiger partial charge in [0, 0.05) is 54.3 Å². The first-order valence-electron chi connectivity index (χ1n) is 25.0. The van der Waals surface area contributed by atoms with Crippen LogP contribution in [0, 0.1) is 0 Å². The van der Waals surface area contributed by atoms with Crippen molar-refractivity contribution in [3.8, 4) is 5.75 Å². The third kappa shape index (κ3) is 18.7. The summed E-state index contributed by atoms with van der Waals surface area (Å²) in [6.07, 6.45) is 0.431. The van der Waals surface area contributed by atoms with Gasteiger partial charge in [-0.2, -0.15) is 25.3 Å². The van der Waals surface area contributed by atoms with Gasteiger partial charge in [-0.3, -0.25) is 33.6 Å². The number of phenolic OH excluding ortho intramolecular Hbond substituents is 1. The predicted molar refractivity (Wildman–Crippen MR) is 296 cm³/mol. The first-order chi connectivity index (χ1) is 36.9. The van der Waals surface area contributed by atoms with Gasteiger partial charge >= 0.3 is 5.97 Å². The monoisotopic (exact) mass is 1100 g/mol. The molecule has 5 rings (SSSR count). The Labute approximate surface area is 456 Å². The minimum Gasteiger partial charge on any atom is -0.508 e. The Kier molecular flexibility index (Phi) is 23.8. The molecule has 0 radical (unpaired) electrons. The number of amides is 7. The fraction of sp³-hybridized carbons (Fsp3) is 0.370. The molecule has 0 aliphatic carbocycles. The standard InChI is InChI=1S/C54H68N10O11S2/c1-31(65)46(53(73)62-43(26-34-19-21-36(66)22-20-34)51(71)63-45(30-77)54(74)75)64-48(68)40(18-10-11-23-55)58-52(72)44(27-35-28-57-39-17-9-8-16-37(35)39)61-50(70)42(25-33-14-6-3-7-15-33)60-49(69)41(59-47(67)38(56)29-76)24-32-12-4-2-5-13-32/h2-9,12-17,19-22,28,31,38,40-46,57,65-66,76-77H,10-11,18,23-27,29-30,55-56H2,1H3,(H,58,72)(H,59,67)(H,60,69)(H,61,70)(H,62,73)(H,63,71)(H,64,68)(H,74,75)/t31-,38+,40+,41+,42+,43+,44+,45+,46+/m1/s1. The molecule has 412 valence electrons. The maximum absolute atomic E-state index is 14.8. The fourth-order valence-corrected chi connectivity index (χ4v) is 8.66. The van der Waals surface area contributed by atoms with Crippen LogP contribution in [-0.2, 0) is 64.0 Å². The van der Waals surface area contributed by atoms with Gasteiger partial charge in [-0.15, -0.1) is 0 Å². The number of benzene rings is 4. The van der Waals surface area contributed by atoms with E-state index in [-0.39, 0.29) is 55.9 Å². The van der Waals surface area contributed by atoms with Gasteiger partial charge in [-0.25, -0.2) is 4.79 Å². The zero-order chi connectivity index (χ0) is 56.0. The van der Waals surface area contributed by atoms with E-state index in [2.05, 4.69) is 67.5 Å². The van der Waals surface area contributed by atoms with E-state index >= 15 is 0 Å². The van der Waals surface area contributed by atoms with Crippen molar-refractivity contribution in [2.45, 2.75) is 106 Å². The van der Waals surface area contributed by atoms with E-state index in [9.17, 15) is 53.7 Å². The molecular formula is C54H68N10O11S2. The minimum absolute atomic E-state index is 0.00488. The van der Waals surface area contributed by atoms with Gasteiger partial charge in [0.05, 0.1) is 12.1 Å². The van der Waals surface area contributed by atoms with Crippen LogP contribution in [0.5, 0.6) is 5.75 Å². The number of aromatic nitrogens is 1. The van der Waals surface area contributed by atoms with Crippen LogP contribution < -0.4 is 48.7 Å². The first-order valence-corrected chi connectivity index (χ1v) is 26.3. The Balaban J connectivity index is 1.45. The molecule has 0 unspecified atom stereocenters. The molecule has 15 N–H and O–H groups in total. The molecule has 23 heteroatoms. The van der Waals surface area contributed by atoms with E-state index in [0.29, 0.717) is 35.1 Å². The normalized spacial score (nSPS) is 14.7. The van der Waals surface area contributed by atoms with Crippen molar-refractivity contribution in [3.05, 3.63) is 138 Å². The van der Waals surface area contributed by atoms with E-state index in [1.54, 1.807) is 72.9 Å². The van der Waals surface area contributed by atoms with Crippen molar-refractivity contribution in [2.24, 2.45) is 11.5 Å². The van der Waals surface area contributed by atoms with Crippen molar-refractivity contribution in [1.82, 2.24) is 42.2 Å². The molecule has 0 aliphatic heterocycles. The molecule has 21 nitrogen and oxygen atoms in total. The SMILES string of the molecule is C[C@@H](O)[C@H](NC(=O)[C@H](CCCCN)NC(=O)[C@H](Cc1c[nH]c2ccccc12)NC(=O)[C@H](Cc1ccccc1)NC(=O)[C@H](Cc1ccccc1)NC(=O)[C@@H](N)CS)C(=O)N[C@@H](Cc1ccc(O)cc1)C(=O)N[C@@H](CS)C(=O)O. The van der Waals surface area contributed by atoms with Crippen molar-refractivity contribution < 1.29 is 53.7 Å². The number of phenols is 1. The lowest BCUT2D eigenvalue weighted by molar-refractivity contribution is -0.141. The highest BCUT2D eigenvalue weighted by Gasteiger charge is 2.36. The van der Waals surface area contributed by atoms with Crippen molar-refractivity contribution >= 4 is 83.5 Å². The molecule has 0 saturated carbocycles. The Bertz CT molecular complexity index is 2770. The number of aliphatic hydroxyl groups excluding tert-OH is 1. The number of rotatable bonds is 30. The third-order valence-electron chi connectivity index (χ3n) is 12.5. The number of H-pyrrole nitrogens is 1. The van der Waals surface area contributed by atoms with Gasteiger partial charge < -0.3 is 69.0 Å². The average Bonchev–Trinajstić information content (AvgIpc) is 3.83. The summed E-state index contributed by atoms with van der Waals surface area (Å²) in [5, 5.41) is 49.5. The van der Waals surface area contributed by atoms with E-state index in [0.717, 1.165) is 10.9 Å².